The summed E-state index contributed by atoms with van der Waals surface area (Å²) in [7, 11) is 0. The third kappa shape index (κ3) is 2.08. The van der Waals surface area contributed by atoms with Gasteiger partial charge in [-0.3, -0.25) is 0 Å². The van der Waals surface area contributed by atoms with Gasteiger partial charge in [0.15, 0.2) is 0 Å². The summed E-state index contributed by atoms with van der Waals surface area (Å²) < 4.78 is 0. The number of amides is 2. The van der Waals surface area contributed by atoms with Gasteiger partial charge in [0.05, 0.1) is 0 Å². The van der Waals surface area contributed by atoms with E-state index in [2.05, 4.69) is 18.3 Å². The number of urea groups is 1. The van der Waals surface area contributed by atoms with E-state index in [9.17, 15) is 4.79 Å². The van der Waals surface area contributed by atoms with Crippen molar-refractivity contribution in [1.29, 1.82) is 0 Å². The largest absolute Gasteiger partial charge is 0.335 e. The topological polar surface area (TPSA) is 32.3 Å². The fourth-order valence-electron chi connectivity index (χ4n) is 1.77. The molecule has 1 saturated carbocycles. The normalized spacial score (nSPS) is 22.6. The first-order chi connectivity index (χ1) is 6.75. The van der Waals surface area contributed by atoms with Crippen molar-refractivity contribution in [3.63, 3.8) is 0 Å². The Kier molecular flexibility index (Phi) is 2.75. The van der Waals surface area contributed by atoms with E-state index in [4.69, 9.17) is 0 Å². The molecule has 0 atom stereocenters. The van der Waals surface area contributed by atoms with Crippen molar-refractivity contribution in [3.05, 3.63) is 11.6 Å². The molecule has 14 heavy (non-hydrogen) atoms. The zero-order valence-electron chi connectivity index (χ0n) is 8.75. The zero-order valence-corrected chi connectivity index (χ0v) is 8.75. The predicted octanol–water partition coefficient (Wildman–Crippen LogP) is 1.90. The van der Waals surface area contributed by atoms with Gasteiger partial charge < -0.3 is 10.2 Å². The molecular weight excluding hydrogens is 176 g/mol. The Hall–Kier alpha value is -0.990. The molecule has 0 spiro atoms. The van der Waals surface area contributed by atoms with Crippen LogP contribution in [0.15, 0.2) is 11.6 Å². The van der Waals surface area contributed by atoms with E-state index in [-0.39, 0.29) is 6.03 Å². The van der Waals surface area contributed by atoms with E-state index in [1.54, 1.807) is 0 Å². The molecule has 3 nitrogen and oxygen atoms in total. The number of carbonyl (C=O) groups is 1. The van der Waals surface area contributed by atoms with Gasteiger partial charge in [0.1, 0.15) is 0 Å². The van der Waals surface area contributed by atoms with Crippen molar-refractivity contribution >= 4 is 6.03 Å². The highest BCUT2D eigenvalue weighted by molar-refractivity contribution is 5.75. The lowest BCUT2D eigenvalue weighted by atomic mass is 9.93. The Balaban J connectivity index is 1.80. The van der Waals surface area contributed by atoms with Gasteiger partial charge in [0, 0.05) is 19.1 Å². The minimum Gasteiger partial charge on any atom is -0.335 e. The highest BCUT2D eigenvalue weighted by Crippen LogP contribution is 2.18. The number of carbonyl (C=O) groups excluding carboxylic acids is 1. The number of hydrogen-bond acceptors (Lipinski definition) is 1. The van der Waals surface area contributed by atoms with Crippen LogP contribution in [0.4, 0.5) is 4.79 Å². The second kappa shape index (κ2) is 4.03. The van der Waals surface area contributed by atoms with E-state index in [1.807, 2.05) is 4.90 Å². The van der Waals surface area contributed by atoms with Gasteiger partial charge >= 0.3 is 6.03 Å². The van der Waals surface area contributed by atoms with Gasteiger partial charge in [-0.15, -0.1) is 0 Å². The molecule has 1 N–H and O–H groups in total. The second-order valence-corrected chi connectivity index (χ2v) is 4.32. The summed E-state index contributed by atoms with van der Waals surface area (Å²) in [5.74, 6) is 0. The number of nitrogens with one attached hydrogen (secondary N) is 1. The molecule has 0 aromatic carbocycles. The summed E-state index contributed by atoms with van der Waals surface area (Å²) in [4.78, 5) is 13.6. The molecule has 2 aliphatic rings. The molecule has 1 aliphatic carbocycles. The molecule has 0 bridgehead atoms. The van der Waals surface area contributed by atoms with E-state index in [1.165, 1.54) is 12.0 Å². The van der Waals surface area contributed by atoms with Gasteiger partial charge in [-0.2, -0.15) is 0 Å². The van der Waals surface area contributed by atoms with E-state index in [0.29, 0.717) is 6.04 Å². The maximum absolute atomic E-state index is 11.7. The Bertz CT molecular complexity index is 256. The molecule has 78 valence electrons. The van der Waals surface area contributed by atoms with Crippen LogP contribution in [0.5, 0.6) is 0 Å². The summed E-state index contributed by atoms with van der Waals surface area (Å²) in [6.07, 6.45) is 6.76. The smallest absolute Gasteiger partial charge is 0.317 e. The Morgan fingerprint density at radius 2 is 2.36 bits per heavy atom. The van der Waals surface area contributed by atoms with Crippen LogP contribution in [0.2, 0.25) is 0 Å². The van der Waals surface area contributed by atoms with Gasteiger partial charge in [0.25, 0.3) is 0 Å². The van der Waals surface area contributed by atoms with Crippen molar-refractivity contribution in [2.24, 2.45) is 0 Å². The molecule has 2 rings (SSSR count). The average Bonchev–Trinajstić information content (AvgIpc) is 2.12. The van der Waals surface area contributed by atoms with Crippen LogP contribution in [0.3, 0.4) is 0 Å². The van der Waals surface area contributed by atoms with Crippen LogP contribution < -0.4 is 5.32 Å². The average molecular weight is 194 g/mol. The Morgan fingerprint density at radius 1 is 1.57 bits per heavy atom. The van der Waals surface area contributed by atoms with Crippen LogP contribution in [-0.4, -0.2) is 30.1 Å². The summed E-state index contributed by atoms with van der Waals surface area (Å²) in [5, 5.41) is 3.06. The summed E-state index contributed by atoms with van der Waals surface area (Å²) in [5.41, 5.74) is 1.40. The van der Waals surface area contributed by atoms with Gasteiger partial charge in [0.2, 0.25) is 0 Å². The molecule has 0 aromatic rings. The lowest BCUT2D eigenvalue weighted by Gasteiger charge is -2.31. The van der Waals surface area contributed by atoms with Crippen LogP contribution >= 0.6 is 0 Å². The van der Waals surface area contributed by atoms with Crippen LogP contribution in [0.1, 0.15) is 32.6 Å². The molecule has 0 saturated heterocycles. The highest BCUT2D eigenvalue weighted by atomic mass is 16.2. The molecule has 3 heteroatoms. The third-order valence-electron chi connectivity index (χ3n) is 3.16. The first-order valence-corrected chi connectivity index (χ1v) is 5.47. The minimum atomic E-state index is 0.124. The van der Waals surface area contributed by atoms with E-state index in [0.717, 1.165) is 32.4 Å². The third-order valence-corrected chi connectivity index (χ3v) is 3.16. The Morgan fingerprint density at radius 3 is 2.86 bits per heavy atom. The number of nitrogens with zero attached hydrogens (tertiary/aromatic N) is 1. The van der Waals surface area contributed by atoms with E-state index >= 15 is 0 Å². The first kappa shape index (κ1) is 9.56. The van der Waals surface area contributed by atoms with Crippen molar-refractivity contribution in [2.45, 2.75) is 38.6 Å². The summed E-state index contributed by atoms with van der Waals surface area (Å²) in [6.45, 7) is 3.78. The van der Waals surface area contributed by atoms with Gasteiger partial charge in [-0.1, -0.05) is 11.6 Å². The molecule has 1 heterocycles. The van der Waals surface area contributed by atoms with Crippen molar-refractivity contribution in [3.8, 4) is 0 Å². The highest BCUT2D eigenvalue weighted by Gasteiger charge is 2.22. The number of hydrogen-bond donors (Lipinski definition) is 1. The number of rotatable bonds is 1. The maximum atomic E-state index is 11.7. The lowest BCUT2D eigenvalue weighted by Crippen LogP contribution is -2.48. The standard InChI is InChI=1S/C11H18N2O/c1-9-5-7-13(8-6-9)11(14)12-10-3-2-4-10/h5,10H,2-4,6-8H2,1H3,(H,12,14). The lowest BCUT2D eigenvalue weighted by molar-refractivity contribution is 0.190. The monoisotopic (exact) mass is 194 g/mol. The van der Waals surface area contributed by atoms with Gasteiger partial charge in [-0.05, 0) is 32.6 Å². The fourth-order valence-corrected chi connectivity index (χ4v) is 1.77. The summed E-state index contributed by atoms with van der Waals surface area (Å²) in [6, 6.07) is 0.577. The molecular formula is C11H18N2O. The molecule has 0 aromatic heterocycles. The van der Waals surface area contributed by atoms with Crippen molar-refractivity contribution in [2.75, 3.05) is 13.1 Å². The predicted molar refractivity (Wildman–Crippen MR) is 56.1 cm³/mol. The van der Waals surface area contributed by atoms with E-state index < -0.39 is 0 Å². The summed E-state index contributed by atoms with van der Waals surface area (Å²) >= 11 is 0. The SMILES string of the molecule is CC1=CCN(C(=O)NC2CCC2)CC1. The zero-order chi connectivity index (χ0) is 9.97. The maximum Gasteiger partial charge on any atom is 0.317 e. The molecule has 0 radical (unpaired) electrons. The molecule has 1 aliphatic heterocycles. The van der Waals surface area contributed by atoms with Crippen LogP contribution in [-0.2, 0) is 0 Å². The van der Waals surface area contributed by atoms with Gasteiger partial charge in [-0.25, -0.2) is 4.79 Å². The van der Waals surface area contributed by atoms with Crippen molar-refractivity contribution < 1.29 is 4.79 Å². The molecule has 0 unspecified atom stereocenters. The quantitative estimate of drug-likeness (QED) is 0.635. The van der Waals surface area contributed by atoms with Crippen LogP contribution in [0.25, 0.3) is 0 Å². The second-order valence-electron chi connectivity index (χ2n) is 4.32. The first-order valence-electron chi connectivity index (χ1n) is 5.47. The van der Waals surface area contributed by atoms with Crippen molar-refractivity contribution in [1.82, 2.24) is 10.2 Å². The van der Waals surface area contributed by atoms with Crippen LogP contribution in [0, 0.1) is 0 Å². The fraction of sp³-hybridized carbons (Fsp3) is 0.727. The minimum absolute atomic E-state index is 0.124. The molecule has 1 fully saturated rings. The molecule has 2 amide bonds. The Labute approximate surface area is 85.2 Å².